The zero-order valence-corrected chi connectivity index (χ0v) is 9.14. The van der Waals surface area contributed by atoms with Crippen LogP contribution in [0.5, 0.6) is 0 Å². The molecule has 0 fully saturated rings. The van der Waals surface area contributed by atoms with Gasteiger partial charge in [-0.3, -0.25) is 4.79 Å². The van der Waals surface area contributed by atoms with Crippen LogP contribution in [0.1, 0.15) is 12.0 Å². The summed E-state index contributed by atoms with van der Waals surface area (Å²) < 4.78 is 13.1. The predicted molar refractivity (Wildman–Crippen MR) is 61.1 cm³/mol. The van der Waals surface area contributed by atoms with E-state index in [-0.39, 0.29) is 18.3 Å². The minimum atomic E-state index is -0.298. The maximum atomic E-state index is 13.1. The third-order valence-electron chi connectivity index (χ3n) is 2.73. The summed E-state index contributed by atoms with van der Waals surface area (Å²) in [5.74, 6) is -0.314. The number of anilines is 1. The molecule has 0 spiro atoms. The molecule has 0 aliphatic carbocycles. The van der Waals surface area contributed by atoms with Gasteiger partial charge in [0.1, 0.15) is 5.82 Å². The molecule has 17 heavy (non-hydrogen) atoms. The van der Waals surface area contributed by atoms with Crippen molar-refractivity contribution in [3.8, 4) is 0 Å². The first kappa shape index (κ1) is 11.4. The van der Waals surface area contributed by atoms with Crippen molar-refractivity contribution < 1.29 is 9.18 Å². The van der Waals surface area contributed by atoms with Crippen LogP contribution in [0, 0.1) is 5.82 Å². The van der Waals surface area contributed by atoms with Crippen molar-refractivity contribution in [3.05, 3.63) is 40.0 Å². The number of fused-ring (bicyclic) bond motifs is 1. The molecule has 5 nitrogen and oxygen atoms in total. The lowest BCUT2D eigenvalue weighted by Gasteiger charge is -2.28. The average Bonchev–Trinajstić information content (AvgIpc) is 2.32. The largest absolute Gasteiger partial charge is 0.312 e. The van der Waals surface area contributed by atoms with E-state index in [0.717, 1.165) is 11.3 Å². The standard InChI is InChI=1S/C11H11FN4O/c12-9-2-3-10-8(7-9)1-4-11(17)16(10)6-5-14-15-13/h2-3,7H,1,4-6H2. The van der Waals surface area contributed by atoms with Crippen molar-refractivity contribution in [2.45, 2.75) is 12.8 Å². The fraction of sp³-hybridized carbons (Fsp3) is 0.364. The molecule has 1 amide bonds. The van der Waals surface area contributed by atoms with Crippen molar-refractivity contribution in [1.29, 1.82) is 0 Å². The monoisotopic (exact) mass is 234 g/mol. The van der Waals surface area contributed by atoms with Gasteiger partial charge in [-0.05, 0) is 35.7 Å². The third-order valence-corrected chi connectivity index (χ3v) is 2.73. The van der Waals surface area contributed by atoms with Gasteiger partial charge >= 0.3 is 0 Å². The molecule has 0 N–H and O–H groups in total. The van der Waals surface area contributed by atoms with Crippen LogP contribution in [0.2, 0.25) is 0 Å². The lowest BCUT2D eigenvalue weighted by atomic mass is 10.0. The summed E-state index contributed by atoms with van der Waals surface area (Å²) in [5.41, 5.74) is 9.74. The molecule has 0 unspecified atom stereocenters. The molecular weight excluding hydrogens is 223 g/mol. The van der Waals surface area contributed by atoms with E-state index in [1.807, 2.05) is 0 Å². The molecule has 2 rings (SSSR count). The zero-order chi connectivity index (χ0) is 12.3. The summed E-state index contributed by atoms with van der Waals surface area (Å²) in [7, 11) is 0. The topological polar surface area (TPSA) is 69.1 Å². The molecular formula is C11H11FN4O. The highest BCUT2D eigenvalue weighted by Crippen LogP contribution is 2.28. The van der Waals surface area contributed by atoms with Gasteiger partial charge in [-0.1, -0.05) is 5.11 Å². The van der Waals surface area contributed by atoms with E-state index < -0.39 is 0 Å². The molecule has 1 heterocycles. The Labute approximate surface area is 97.5 Å². The van der Waals surface area contributed by atoms with Gasteiger partial charge in [0.05, 0.1) is 0 Å². The maximum absolute atomic E-state index is 13.1. The summed E-state index contributed by atoms with van der Waals surface area (Å²) in [5, 5.41) is 3.40. The summed E-state index contributed by atoms with van der Waals surface area (Å²) >= 11 is 0. The van der Waals surface area contributed by atoms with E-state index in [1.165, 1.54) is 12.1 Å². The number of benzene rings is 1. The van der Waals surface area contributed by atoms with Gasteiger partial charge in [-0.2, -0.15) is 0 Å². The number of amides is 1. The van der Waals surface area contributed by atoms with E-state index in [2.05, 4.69) is 10.0 Å². The molecule has 0 saturated heterocycles. The first-order chi connectivity index (χ1) is 8.22. The van der Waals surface area contributed by atoms with Gasteiger partial charge in [0, 0.05) is 30.1 Å². The van der Waals surface area contributed by atoms with E-state index in [9.17, 15) is 9.18 Å². The van der Waals surface area contributed by atoms with Crippen LogP contribution >= 0.6 is 0 Å². The zero-order valence-electron chi connectivity index (χ0n) is 9.14. The maximum Gasteiger partial charge on any atom is 0.227 e. The summed E-state index contributed by atoms with van der Waals surface area (Å²) in [6.45, 7) is 0.556. The Hall–Kier alpha value is -2.07. The first-order valence-corrected chi connectivity index (χ1v) is 5.32. The molecule has 0 aromatic heterocycles. The summed E-state index contributed by atoms with van der Waals surface area (Å²) in [6.07, 6.45) is 0.927. The van der Waals surface area contributed by atoms with Crippen LogP contribution in [0.15, 0.2) is 23.3 Å². The second kappa shape index (κ2) is 4.84. The number of carbonyl (C=O) groups is 1. The molecule has 0 radical (unpaired) electrons. The smallest absolute Gasteiger partial charge is 0.227 e. The Morgan fingerprint density at radius 1 is 1.47 bits per heavy atom. The summed E-state index contributed by atoms with van der Waals surface area (Å²) in [6, 6.07) is 4.37. The lowest BCUT2D eigenvalue weighted by molar-refractivity contribution is -0.118. The fourth-order valence-corrected chi connectivity index (χ4v) is 1.96. The molecule has 0 atom stereocenters. The Bertz CT molecular complexity index is 496. The number of hydrogen-bond acceptors (Lipinski definition) is 2. The Kier molecular flexibility index (Phi) is 3.25. The SMILES string of the molecule is [N-]=[N+]=NCCN1C(=O)CCc2cc(F)ccc21. The lowest BCUT2D eigenvalue weighted by Crippen LogP contribution is -2.36. The van der Waals surface area contributed by atoms with Crippen molar-refractivity contribution in [3.63, 3.8) is 0 Å². The normalized spacial score (nSPS) is 14.2. The minimum Gasteiger partial charge on any atom is -0.312 e. The fourth-order valence-electron chi connectivity index (χ4n) is 1.96. The van der Waals surface area contributed by atoms with Gasteiger partial charge in [0.25, 0.3) is 0 Å². The molecule has 6 heteroatoms. The first-order valence-electron chi connectivity index (χ1n) is 5.32. The highest BCUT2D eigenvalue weighted by molar-refractivity contribution is 5.96. The molecule has 1 aromatic rings. The number of hydrogen-bond donors (Lipinski definition) is 0. The number of nitrogens with zero attached hydrogens (tertiary/aromatic N) is 4. The molecule has 0 saturated carbocycles. The quantitative estimate of drug-likeness (QED) is 0.449. The van der Waals surface area contributed by atoms with Gasteiger partial charge in [0.15, 0.2) is 0 Å². The highest BCUT2D eigenvalue weighted by Gasteiger charge is 2.23. The van der Waals surface area contributed by atoms with Crippen LogP contribution in [0.25, 0.3) is 10.4 Å². The van der Waals surface area contributed by atoms with E-state index in [0.29, 0.717) is 19.4 Å². The van der Waals surface area contributed by atoms with Crippen LogP contribution in [-0.4, -0.2) is 19.0 Å². The second-order valence-electron chi connectivity index (χ2n) is 3.77. The molecule has 1 aliphatic rings. The van der Waals surface area contributed by atoms with Crippen LogP contribution in [0.4, 0.5) is 10.1 Å². The number of rotatable bonds is 3. The molecule has 88 valence electrons. The van der Waals surface area contributed by atoms with Gasteiger partial charge in [-0.15, -0.1) is 0 Å². The number of carbonyl (C=O) groups excluding carboxylic acids is 1. The van der Waals surface area contributed by atoms with E-state index in [4.69, 9.17) is 5.53 Å². The van der Waals surface area contributed by atoms with E-state index >= 15 is 0 Å². The van der Waals surface area contributed by atoms with Crippen molar-refractivity contribution in [1.82, 2.24) is 0 Å². The Balaban J connectivity index is 2.26. The Morgan fingerprint density at radius 3 is 3.06 bits per heavy atom. The molecule has 0 bridgehead atoms. The third kappa shape index (κ3) is 2.37. The van der Waals surface area contributed by atoms with Crippen molar-refractivity contribution >= 4 is 11.6 Å². The number of halogens is 1. The predicted octanol–water partition coefficient (Wildman–Crippen LogP) is 2.42. The van der Waals surface area contributed by atoms with Gasteiger partial charge in [-0.25, -0.2) is 4.39 Å². The van der Waals surface area contributed by atoms with Gasteiger partial charge in [0.2, 0.25) is 5.91 Å². The van der Waals surface area contributed by atoms with Gasteiger partial charge < -0.3 is 4.90 Å². The summed E-state index contributed by atoms with van der Waals surface area (Å²) in [4.78, 5) is 15.9. The molecule has 1 aliphatic heterocycles. The van der Waals surface area contributed by atoms with Crippen LogP contribution < -0.4 is 4.90 Å². The van der Waals surface area contributed by atoms with E-state index in [1.54, 1.807) is 11.0 Å². The Morgan fingerprint density at radius 2 is 2.29 bits per heavy atom. The van der Waals surface area contributed by atoms with Crippen LogP contribution in [-0.2, 0) is 11.2 Å². The van der Waals surface area contributed by atoms with Crippen molar-refractivity contribution in [2.75, 3.05) is 18.0 Å². The number of azide groups is 1. The minimum absolute atomic E-state index is 0.0164. The average molecular weight is 234 g/mol. The highest BCUT2D eigenvalue weighted by atomic mass is 19.1. The van der Waals surface area contributed by atoms with Crippen LogP contribution in [0.3, 0.4) is 0 Å². The second-order valence-corrected chi connectivity index (χ2v) is 3.77. The number of aryl methyl sites for hydroxylation is 1. The van der Waals surface area contributed by atoms with Crippen molar-refractivity contribution in [2.24, 2.45) is 5.11 Å². The molecule has 1 aromatic carbocycles.